The summed E-state index contributed by atoms with van der Waals surface area (Å²) in [7, 11) is 1.79. The van der Waals surface area contributed by atoms with Crippen LogP contribution in [0.4, 0.5) is 0 Å². The number of nitrogens with zero attached hydrogens (tertiary/aromatic N) is 1. The molecular weight excluding hydrogens is 226 g/mol. The Hall–Kier alpha value is -0.970. The first-order valence-corrected chi connectivity index (χ1v) is 6.63. The predicted octanol–water partition coefficient (Wildman–Crippen LogP) is 2.18. The van der Waals surface area contributed by atoms with Gasteiger partial charge in [-0.1, -0.05) is 13.0 Å². The van der Waals surface area contributed by atoms with Crippen molar-refractivity contribution in [2.45, 2.75) is 44.2 Å². The van der Waals surface area contributed by atoms with Crippen molar-refractivity contribution in [2.75, 3.05) is 7.11 Å². The van der Waals surface area contributed by atoms with Crippen molar-refractivity contribution in [1.82, 2.24) is 10.4 Å². The summed E-state index contributed by atoms with van der Waals surface area (Å²) in [4.78, 5) is 4.18. The molecular formula is C14H23N3O. The molecule has 0 saturated heterocycles. The lowest BCUT2D eigenvalue weighted by Gasteiger charge is -2.43. The van der Waals surface area contributed by atoms with E-state index in [1.807, 2.05) is 12.3 Å². The van der Waals surface area contributed by atoms with Crippen molar-refractivity contribution in [3.05, 3.63) is 30.1 Å². The number of hydrazine groups is 1. The van der Waals surface area contributed by atoms with Crippen molar-refractivity contribution < 1.29 is 4.74 Å². The third-order valence-corrected chi connectivity index (χ3v) is 4.24. The Morgan fingerprint density at radius 1 is 1.50 bits per heavy atom. The molecule has 1 unspecified atom stereocenters. The standard InChI is InChI=1S/C14H23N3O/c1-11-5-7-14(18-2,8-6-11)13(17-15)12-4-3-9-16-10-12/h3-4,9-11,13,17H,5-8,15H2,1-2H3. The molecule has 0 bridgehead atoms. The number of hydrogen-bond donors (Lipinski definition) is 2. The highest BCUT2D eigenvalue weighted by Crippen LogP contribution is 2.42. The lowest BCUT2D eigenvalue weighted by Crippen LogP contribution is -2.50. The summed E-state index contributed by atoms with van der Waals surface area (Å²) in [6, 6.07) is 3.99. The average Bonchev–Trinajstić information content (AvgIpc) is 2.43. The highest BCUT2D eigenvalue weighted by Gasteiger charge is 2.42. The maximum Gasteiger partial charge on any atom is 0.0886 e. The zero-order valence-electron chi connectivity index (χ0n) is 11.2. The first-order valence-electron chi connectivity index (χ1n) is 6.63. The summed E-state index contributed by atoms with van der Waals surface area (Å²) in [6.07, 6.45) is 8.09. The number of ether oxygens (including phenoxy) is 1. The molecule has 0 spiro atoms. The van der Waals surface area contributed by atoms with Gasteiger partial charge >= 0.3 is 0 Å². The van der Waals surface area contributed by atoms with Gasteiger partial charge in [-0.25, -0.2) is 0 Å². The van der Waals surface area contributed by atoms with Crippen LogP contribution in [0.2, 0.25) is 0 Å². The van der Waals surface area contributed by atoms with Gasteiger partial charge in [0.25, 0.3) is 0 Å². The van der Waals surface area contributed by atoms with Gasteiger partial charge in [-0.15, -0.1) is 0 Å². The van der Waals surface area contributed by atoms with Crippen molar-refractivity contribution in [2.24, 2.45) is 11.8 Å². The topological polar surface area (TPSA) is 60.2 Å². The molecule has 1 aliphatic carbocycles. The molecule has 3 N–H and O–H groups in total. The van der Waals surface area contributed by atoms with E-state index >= 15 is 0 Å². The van der Waals surface area contributed by atoms with Crippen LogP contribution in [0.3, 0.4) is 0 Å². The molecule has 1 aromatic heterocycles. The van der Waals surface area contributed by atoms with Gasteiger partial charge in [-0.3, -0.25) is 16.3 Å². The van der Waals surface area contributed by atoms with Crippen molar-refractivity contribution in [3.63, 3.8) is 0 Å². The summed E-state index contributed by atoms with van der Waals surface area (Å²) in [6.45, 7) is 2.30. The molecule has 1 aromatic rings. The first-order chi connectivity index (χ1) is 8.72. The second-order valence-corrected chi connectivity index (χ2v) is 5.34. The molecule has 2 rings (SSSR count). The summed E-state index contributed by atoms with van der Waals surface area (Å²) >= 11 is 0. The number of methoxy groups -OCH3 is 1. The van der Waals surface area contributed by atoms with Gasteiger partial charge < -0.3 is 4.74 Å². The van der Waals surface area contributed by atoms with Gasteiger partial charge in [0.05, 0.1) is 11.6 Å². The minimum atomic E-state index is -0.204. The molecule has 1 heterocycles. The van der Waals surface area contributed by atoms with E-state index in [9.17, 15) is 0 Å². The van der Waals surface area contributed by atoms with Crippen LogP contribution in [0.25, 0.3) is 0 Å². The number of rotatable bonds is 4. The summed E-state index contributed by atoms with van der Waals surface area (Å²) in [5.41, 5.74) is 3.82. The van der Waals surface area contributed by atoms with E-state index in [0.717, 1.165) is 24.3 Å². The highest BCUT2D eigenvalue weighted by molar-refractivity contribution is 5.19. The van der Waals surface area contributed by atoms with Crippen molar-refractivity contribution in [1.29, 1.82) is 0 Å². The number of hydrogen-bond acceptors (Lipinski definition) is 4. The lowest BCUT2D eigenvalue weighted by atomic mass is 9.74. The summed E-state index contributed by atoms with van der Waals surface area (Å²) in [5, 5.41) is 0. The van der Waals surface area contributed by atoms with E-state index in [2.05, 4.69) is 23.4 Å². The Bertz CT molecular complexity index is 361. The van der Waals surface area contributed by atoms with E-state index in [4.69, 9.17) is 10.6 Å². The van der Waals surface area contributed by atoms with Crippen LogP contribution >= 0.6 is 0 Å². The van der Waals surface area contributed by atoms with Crippen molar-refractivity contribution in [3.8, 4) is 0 Å². The smallest absolute Gasteiger partial charge is 0.0886 e. The van der Waals surface area contributed by atoms with Crippen molar-refractivity contribution >= 4 is 0 Å². The second-order valence-electron chi connectivity index (χ2n) is 5.34. The lowest BCUT2D eigenvalue weighted by molar-refractivity contribution is -0.0762. The molecule has 4 nitrogen and oxygen atoms in total. The minimum Gasteiger partial charge on any atom is -0.376 e. The molecule has 18 heavy (non-hydrogen) atoms. The average molecular weight is 249 g/mol. The number of aromatic nitrogens is 1. The van der Waals surface area contributed by atoms with E-state index in [1.165, 1.54) is 12.8 Å². The Balaban J connectivity index is 2.24. The van der Waals surface area contributed by atoms with Crippen LogP contribution in [-0.4, -0.2) is 17.7 Å². The fraction of sp³-hybridized carbons (Fsp3) is 0.643. The van der Waals surface area contributed by atoms with Crippen LogP contribution in [0.15, 0.2) is 24.5 Å². The quantitative estimate of drug-likeness (QED) is 0.634. The summed E-state index contributed by atoms with van der Waals surface area (Å²) < 4.78 is 5.86. The van der Waals surface area contributed by atoms with Crippen LogP contribution < -0.4 is 11.3 Å². The molecule has 0 amide bonds. The van der Waals surface area contributed by atoms with Crippen LogP contribution in [-0.2, 0) is 4.74 Å². The van der Waals surface area contributed by atoms with Crippen LogP contribution in [0, 0.1) is 5.92 Å². The van der Waals surface area contributed by atoms with Gasteiger partial charge in [0, 0.05) is 19.5 Å². The molecule has 1 atom stereocenters. The number of nitrogens with one attached hydrogen (secondary N) is 1. The Morgan fingerprint density at radius 3 is 2.72 bits per heavy atom. The molecule has 0 radical (unpaired) electrons. The molecule has 1 aliphatic rings. The Labute approximate surface area is 109 Å². The normalized spacial score (nSPS) is 30.1. The molecule has 100 valence electrons. The van der Waals surface area contributed by atoms with Gasteiger partial charge in [-0.2, -0.15) is 0 Å². The van der Waals surface area contributed by atoms with E-state index < -0.39 is 0 Å². The van der Waals surface area contributed by atoms with E-state index in [1.54, 1.807) is 13.3 Å². The third kappa shape index (κ3) is 2.55. The fourth-order valence-electron chi connectivity index (χ4n) is 2.96. The predicted molar refractivity (Wildman–Crippen MR) is 71.7 cm³/mol. The van der Waals surface area contributed by atoms with Gasteiger partial charge in [-0.05, 0) is 43.2 Å². The van der Waals surface area contributed by atoms with E-state index in [-0.39, 0.29) is 11.6 Å². The number of pyridine rings is 1. The molecule has 1 saturated carbocycles. The zero-order valence-corrected chi connectivity index (χ0v) is 11.2. The number of nitrogens with two attached hydrogens (primary N) is 1. The SMILES string of the molecule is COC1(C(NN)c2cccnc2)CCC(C)CC1. The molecule has 1 fully saturated rings. The minimum absolute atomic E-state index is 0.00343. The molecule has 4 heteroatoms. The van der Waals surface area contributed by atoms with Gasteiger partial charge in [0.1, 0.15) is 0 Å². The van der Waals surface area contributed by atoms with Crippen LogP contribution in [0.1, 0.15) is 44.2 Å². The van der Waals surface area contributed by atoms with Crippen LogP contribution in [0.5, 0.6) is 0 Å². The van der Waals surface area contributed by atoms with E-state index in [0.29, 0.717) is 0 Å². The molecule has 0 aliphatic heterocycles. The fourth-order valence-corrected chi connectivity index (χ4v) is 2.96. The maximum absolute atomic E-state index is 5.86. The Kier molecular flexibility index (Phi) is 4.32. The highest BCUT2D eigenvalue weighted by atomic mass is 16.5. The zero-order chi connectivity index (χ0) is 13.0. The summed E-state index contributed by atoms with van der Waals surface area (Å²) in [5.74, 6) is 6.55. The first kappa shape index (κ1) is 13.5. The maximum atomic E-state index is 5.86. The molecule has 0 aromatic carbocycles. The second kappa shape index (κ2) is 5.78. The Morgan fingerprint density at radius 2 is 2.22 bits per heavy atom. The van der Waals surface area contributed by atoms with Gasteiger partial charge in [0.15, 0.2) is 0 Å². The van der Waals surface area contributed by atoms with Gasteiger partial charge in [0.2, 0.25) is 0 Å². The third-order valence-electron chi connectivity index (χ3n) is 4.24. The largest absolute Gasteiger partial charge is 0.376 e. The monoisotopic (exact) mass is 249 g/mol.